The van der Waals surface area contributed by atoms with Crippen molar-refractivity contribution in [1.82, 2.24) is 0 Å². The molecule has 0 aliphatic carbocycles. The predicted molar refractivity (Wildman–Crippen MR) is 65.1 cm³/mol. The highest BCUT2D eigenvalue weighted by atomic mass is 16.1. The number of rotatable bonds is 4. The number of nitrogens with zero attached hydrogens (tertiary/aromatic N) is 2. The van der Waals surface area contributed by atoms with Crippen molar-refractivity contribution in [3.05, 3.63) is 29.8 Å². The summed E-state index contributed by atoms with van der Waals surface area (Å²) in [6.45, 7) is 0. The van der Waals surface area contributed by atoms with E-state index in [9.17, 15) is 4.79 Å². The zero-order valence-electron chi connectivity index (χ0n) is 9.05. The maximum atomic E-state index is 10.7. The van der Waals surface area contributed by atoms with Gasteiger partial charge in [-0.1, -0.05) is 18.6 Å². The molecular formula is C12H13N3O. The highest BCUT2D eigenvalue weighted by molar-refractivity contribution is 5.83. The summed E-state index contributed by atoms with van der Waals surface area (Å²) < 4.78 is 0. The molecule has 16 heavy (non-hydrogen) atoms. The van der Waals surface area contributed by atoms with Crippen LogP contribution in [0.15, 0.2) is 29.3 Å². The summed E-state index contributed by atoms with van der Waals surface area (Å²) in [6, 6.07) is 9.74. The van der Waals surface area contributed by atoms with Gasteiger partial charge in [0.2, 0.25) is 5.91 Å². The summed E-state index contributed by atoms with van der Waals surface area (Å²) in [5.41, 5.74) is 6.78. The smallest absolute Gasteiger partial charge is 0.221 e. The summed E-state index contributed by atoms with van der Waals surface area (Å²) in [6.07, 6.45) is 7.10. The first-order valence-corrected chi connectivity index (χ1v) is 4.72. The van der Waals surface area contributed by atoms with Gasteiger partial charge in [-0.25, -0.2) is 0 Å². The molecule has 0 aliphatic rings. The molecular weight excluding hydrogens is 202 g/mol. The fourth-order valence-electron chi connectivity index (χ4n) is 1.27. The number of aliphatic imine (C=N–C) groups is 1. The monoisotopic (exact) mass is 215 g/mol. The van der Waals surface area contributed by atoms with Crippen molar-refractivity contribution in [2.75, 3.05) is 11.9 Å². The lowest BCUT2D eigenvalue weighted by molar-refractivity contribution is -0.117. The zero-order valence-corrected chi connectivity index (χ0v) is 9.05. The molecule has 0 aliphatic heterocycles. The van der Waals surface area contributed by atoms with Gasteiger partial charge in [0.25, 0.3) is 0 Å². The van der Waals surface area contributed by atoms with Crippen LogP contribution in [-0.2, 0) is 11.2 Å². The van der Waals surface area contributed by atoms with E-state index in [1.54, 1.807) is 18.3 Å². The first kappa shape index (κ1) is 11.8. The molecule has 0 spiro atoms. The largest absolute Gasteiger partial charge is 0.369 e. The Morgan fingerprint density at radius 3 is 2.62 bits per heavy atom. The average Bonchev–Trinajstić information content (AvgIpc) is 2.26. The van der Waals surface area contributed by atoms with E-state index in [1.807, 2.05) is 24.3 Å². The Balaban J connectivity index is 2.86. The molecule has 4 nitrogen and oxygen atoms in total. The van der Waals surface area contributed by atoms with Gasteiger partial charge in [-0.05, 0) is 17.7 Å². The Labute approximate surface area is 94.8 Å². The SMILES string of the molecule is C#CN(C=NC)c1ccc(CC(N)=O)cc1. The van der Waals surface area contributed by atoms with Crippen LogP contribution in [0.1, 0.15) is 5.56 Å². The Bertz CT molecular complexity index is 429. The van der Waals surface area contributed by atoms with Gasteiger partial charge < -0.3 is 5.73 Å². The van der Waals surface area contributed by atoms with Crippen molar-refractivity contribution in [3.8, 4) is 12.5 Å². The number of carbonyl (C=O) groups excluding carboxylic acids is 1. The Kier molecular flexibility index (Phi) is 4.10. The first-order chi connectivity index (χ1) is 7.67. The number of amides is 1. The highest BCUT2D eigenvalue weighted by Gasteiger charge is 2.02. The van der Waals surface area contributed by atoms with E-state index in [4.69, 9.17) is 12.2 Å². The fourth-order valence-corrected chi connectivity index (χ4v) is 1.27. The van der Waals surface area contributed by atoms with E-state index >= 15 is 0 Å². The minimum absolute atomic E-state index is 0.234. The Hall–Kier alpha value is -2.28. The number of terminal acetylenes is 1. The Morgan fingerprint density at radius 2 is 2.19 bits per heavy atom. The lowest BCUT2D eigenvalue weighted by Gasteiger charge is -2.11. The first-order valence-electron chi connectivity index (χ1n) is 4.72. The third-order valence-electron chi connectivity index (χ3n) is 1.96. The van der Waals surface area contributed by atoms with Crippen molar-refractivity contribution in [1.29, 1.82) is 0 Å². The van der Waals surface area contributed by atoms with Crippen LogP contribution < -0.4 is 10.6 Å². The molecule has 0 unspecified atom stereocenters. The minimum atomic E-state index is -0.350. The molecule has 1 rings (SSSR count). The summed E-state index contributed by atoms with van der Waals surface area (Å²) in [4.78, 5) is 16.1. The second-order valence-electron chi connectivity index (χ2n) is 3.18. The van der Waals surface area contributed by atoms with E-state index in [-0.39, 0.29) is 12.3 Å². The van der Waals surface area contributed by atoms with Gasteiger partial charge in [0.1, 0.15) is 6.34 Å². The maximum Gasteiger partial charge on any atom is 0.221 e. The van der Waals surface area contributed by atoms with Crippen LogP contribution in [0.5, 0.6) is 0 Å². The quantitative estimate of drug-likeness (QED) is 0.349. The van der Waals surface area contributed by atoms with Crippen LogP contribution in [0.2, 0.25) is 0 Å². The van der Waals surface area contributed by atoms with Gasteiger partial charge in [0.15, 0.2) is 0 Å². The molecule has 1 amide bonds. The second-order valence-corrected chi connectivity index (χ2v) is 3.18. The van der Waals surface area contributed by atoms with E-state index in [0.29, 0.717) is 0 Å². The molecule has 2 N–H and O–H groups in total. The second kappa shape index (κ2) is 5.56. The molecule has 0 atom stereocenters. The third-order valence-corrected chi connectivity index (χ3v) is 1.96. The maximum absolute atomic E-state index is 10.7. The number of anilines is 1. The van der Waals surface area contributed by atoms with E-state index in [1.165, 1.54) is 0 Å². The molecule has 82 valence electrons. The minimum Gasteiger partial charge on any atom is -0.369 e. The summed E-state index contributed by atoms with van der Waals surface area (Å²) in [7, 11) is 1.64. The summed E-state index contributed by atoms with van der Waals surface area (Å²) in [5.74, 6) is -0.350. The lowest BCUT2D eigenvalue weighted by atomic mass is 10.1. The van der Waals surface area contributed by atoms with E-state index in [2.05, 4.69) is 11.0 Å². The number of nitrogens with two attached hydrogens (primary N) is 1. The molecule has 1 aromatic rings. The standard InChI is InChI=1S/C12H13N3O/c1-3-15(9-14-2)11-6-4-10(5-7-11)8-12(13)16/h1,4-7,9H,8H2,2H3,(H2,13,16). The van der Waals surface area contributed by atoms with Gasteiger partial charge >= 0.3 is 0 Å². The fraction of sp³-hybridized carbons (Fsp3) is 0.167. The van der Waals surface area contributed by atoms with Crippen molar-refractivity contribution in [2.24, 2.45) is 10.7 Å². The molecule has 4 heteroatoms. The van der Waals surface area contributed by atoms with Crippen LogP contribution in [0.4, 0.5) is 5.69 Å². The molecule has 0 heterocycles. The molecule has 0 fully saturated rings. The number of hydrogen-bond acceptors (Lipinski definition) is 2. The van der Waals surface area contributed by atoms with Crippen molar-refractivity contribution < 1.29 is 4.79 Å². The van der Waals surface area contributed by atoms with Crippen LogP contribution in [-0.4, -0.2) is 19.3 Å². The number of benzene rings is 1. The van der Waals surface area contributed by atoms with Crippen LogP contribution in [0.3, 0.4) is 0 Å². The predicted octanol–water partition coefficient (Wildman–Crippen LogP) is 0.770. The normalized spacial score (nSPS) is 10.0. The number of carbonyl (C=O) groups is 1. The van der Waals surface area contributed by atoms with Gasteiger partial charge in [0, 0.05) is 13.1 Å². The van der Waals surface area contributed by atoms with E-state index < -0.39 is 0 Å². The molecule has 0 saturated heterocycles. The van der Waals surface area contributed by atoms with Crippen molar-refractivity contribution in [2.45, 2.75) is 6.42 Å². The number of primary amides is 1. The van der Waals surface area contributed by atoms with Crippen molar-refractivity contribution in [3.63, 3.8) is 0 Å². The van der Waals surface area contributed by atoms with Crippen LogP contribution >= 0.6 is 0 Å². The molecule has 0 aromatic heterocycles. The third kappa shape index (κ3) is 3.14. The zero-order chi connectivity index (χ0) is 12.0. The summed E-state index contributed by atoms with van der Waals surface area (Å²) in [5, 5.41) is 0. The average molecular weight is 215 g/mol. The lowest BCUT2D eigenvalue weighted by Crippen LogP contribution is -2.15. The van der Waals surface area contributed by atoms with Crippen LogP contribution in [0.25, 0.3) is 0 Å². The van der Waals surface area contributed by atoms with Gasteiger partial charge in [0.05, 0.1) is 12.1 Å². The molecule has 0 bridgehead atoms. The van der Waals surface area contributed by atoms with E-state index in [0.717, 1.165) is 11.3 Å². The highest BCUT2D eigenvalue weighted by Crippen LogP contribution is 2.13. The molecule has 1 aromatic carbocycles. The van der Waals surface area contributed by atoms with Gasteiger partial charge in [-0.15, -0.1) is 0 Å². The Morgan fingerprint density at radius 1 is 1.56 bits per heavy atom. The summed E-state index contributed by atoms with van der Waals surface area (Å²) >= 11 is 0. The van der Waals surface area contributed by atoms with Gasteiger partial charge in [-0.3, -0.25) is 14.7 Å². The topological polar surface area (TPSA) is 58.7 Å². The van der Waals surface area contributed by atoms with Gasteiger partial charge in [-0.2, -0.15) is 0 Å². The molecule has 0 saturated carbocycles. The number of hydrogen-bond donors (Lipinski definition) is 1. The molecule has 0 radical (unpaired) electrons. The van der Waals surface area contributed by atoms with Crippen LogP contribution in [0, 0.1) is 12.5 Å². The van der Waals surface area contributed by atoms with Crippen molar-refractivity contribution >= 4 is 17.9 Å².